The van der Waals surface area contributed by atoms with Crippen LogP contribution in [0.1, 0.15) is 19.8 Å². The maximum atomic E-state index is 8.63. The maximum Gasteiger partial charge on any atom is 0.0983 e. The van der Waals surface area contributed by atoms with Crippen molar-refractivity contribution in [3.05, 3.63) is 12.7 Å². The van der Waals surface area contributed by atoms with Gasteiger partial charge in [-0.25, -0.2) is 0 Å². The molecule has 10 heavy (non-hydrogen) atoms. The lowest BCUT2D eigenvalue weighted by atomic mass is 10.3. The molecule has 0 aromatic heterocycles. The van der Waals surface area contributed by atoms with Gasteiger partial charge in [0.05, 0.1) is 12.7 Å². The largest absolute Gasteiger partial charge is 0.393 e. The first-order valence-corrected chi connectivity index (χ1v) is 3.70. The molecule has 0 saturated carbocycles. The van der Waals surface area contributed by atoms with Crippen molar-refractivity contribution in [2.45, 2.75) is 25.9 Å². The standard InChI is InChI=1S/C8H16O2/c1-3-5-6-10-8(4-2)7-9/h4,8-9H,2-3,5-7H2,1H3. The number of hydrogen-bond donors (Lipinski definition) is 1. The fraction of sp³-hybridized carbons (Fsp3) is 0.750. The minimum atomic E-state index is -0.174. The number of unbranched alkanes of at least 4 members (excludes halogenated alkanes) is 1. The van der Waals surface area contributed by atoms with Crippen LogP contribution in [0.3, 0.4) is 0 Å². The molecule has 0 amide bonds. The molecule has 0 saturated heterocycles. The van der Waals surface area contributed by atoms with Crippen molar-refractivity contribution in [3.63, 3.8) is 0 Å². The van der Waals surface area contributed by atoms with Crippen LogP contribution in [0.5, 0.6) is 0 Å². The molecular formula is C8H16O2. The van der Waals surface area contributed by atoms with Crippen molar-refractivity contribution in [2.24, 2.45) is 0 Å². The van der Waals surface area contributed by atoms with Crippen molar-refractivity contribution < 1.29 is 9.84 Å². The van der Waals surface area contributed by atoms with Crippen molar-refractivity contribution in [1.82, 2.24) is 0 Å². The molecule has 2 heteroatoms. The van der Waals surface area contributed by atoms with Crippen LogP contribution < -0.4 is 0 Å². The Kier molecular flexibility index (Phi) is 6.55. The Morgan fingerprint density at radius 1 is 1.70 bits per heavy atom. The van der Waals surface area contributed by atoms with Crippen LogP contribution in [0.15, 0.2) is 12.7 Å². The third kappa shape index (κ3) is 4.53. The Balaban J connectivity index is 3.17. The van der Waals surface area contributed by atoms with Gasteiger partial charge in [0, 0.05) is 6.61 Å². The maximum absolute atomic E-state index is 8.63. The number of rotatable bonds is 6. The van der Waals surface area contributed by atoms with E-state index in [0.29, 0.717) is 6.61 Å². The van der Waals surface area contributed by atoms with E-state index in [0.717, 1.165) is 12.8 Å². The molecule has 0 bridgehead atoms. The predicted octanol–water partition coefficient (Wildman–Crippen LogP) is 1.35. The van der Waals surface area contributed by atoms with E-state index in [1.54, 1.807) is 6.08 Å². The molecule has 0 rings (SSSR count). The highest BCUT2D eigenvalue weighted by atomic mass is 16.5. The van der Waals surface area contributed by atoms with Gasteiger partial charge in [-0.2, -0.15) is 0 Å². The summed E-state index contributed by atoms with van der Waals surface area (Å²) in [6.07, 6.45) is 3.61. The fourth-order valence-corrected chi connectivity index (χ4v) is 0.574. The quantitative estimate of drug-likeness (QED) is 0.450. The van der Waals surface area contributed by atoms with Gasteiger partial charge in [0.1, 0.15) is 0 Å². The Labute approximate surface area is 62.5 Å². The Hall–Kier alpha value is -0.340. The van der Waals surface area contributed by atoms with E-state index in [1.807, 2.05) is 0 Å². The summed E-state index contributed by atoms with van der Waals surface area (Å²) in [5.41, 5.74) is 0. The van der Waals surface area contributed by atoms with Crippen molar-refractivity contribution >= 4 is 0 Å². The predicted molar refractivity (Wildman–Crippen MR) is 41.9 cm³/mol. The molecule has 0 radical (unpaired) electrons. The second kappa shape index (κ2) is 6.78. The first-order valence-electron chi connectivity index (χ1n) is 3.70. The summed E-state index contributed by atoms with van der Waals surface area (Å²) in [6.45, 7) is 6.38. The van der Waals surface area contributed by atoms with Crippen LogP contribution in [0.25, 0.3) is 0 Å². The topological polar surface area (TPSA) is 29.5 Å². The van der Waals surface area contributed by atoms with Crippen LogP contribution >= 0.6 is 0 Å². The zero-order chi connectivity index (χ0) is 7.82. The number of aliphatic hydroxyl groups excluding tert-OH is 1. The van der Waals surface area contributed by atoms with Crippen molar-refractivity contribution in [3.8, 4) is 0 Å². The van der Waals surface area contributed by atoms with Gasteiger partial charge in [-0.15, -0.1) is 6.58 Å². The molecule has 0 aliphatic rings. The van der Waals surface area contributed by atoms with Crippen LogP contribution in [-0.2, 0) is 4.74 Å². The van der Waals surface area contributed by atoms with Crippen LogP contribution in [0.4, 0.5) is 0 Å². The summed E-state index contributed by atoms with van der Waals surface area (Å²) in [6, 6.07) is 0. The lowest BCUT2D eigenvalue weighted by molar-refractivity contribution is 0.0416. The normalized spacial score (nSPS) is 13.0. The molecule has 0 fully saturated rings. The summed E-state index contributed by atoms with van der Waals surface area (Å²) >= 11 is 0. The lowest BCUT2D eigenvalue weighted by Crippen LogP contribution is -2.14. The minimum Gasteiger partial charge on any atom is -0.393 e. The average Bonchev–Trinajstić information content (AvgIpc) is 1.99. The highest BCUT2D eigenvalue weighted by Gasteiger charge is 1.99. The molecule has 1 atom stereocenters. The van der Waals surface area contributed by atoms with E-state index in [-0.39, 0.29) is 12.7 Å². The van der Waals surface area contributed by atoms with Gasteiger partial charge >= 0.3 is 0 Å². The molecular weight excluding hydrogens is 128 g/mol. The second-order valence-corrected chi connectivity index (χ2v) is 2.18. The Bertz CT molecular complexity index is 81.3. The van der Waals surface area contributed by atoms with Gasteiger partial charge in [0.25, 0.3) is 0 Å². The van der Waals surface area contributed by atoms with Gasteiger partial charge in [-0.3, -0.25) is 0 Å². The van der Waals surface area contributed by atoms with E-state index in [9.17, 15) is 0 Å². The van der Waals surface area contributed by atoms with Crippen molar-refractivity contribution in [1.29, 1.82) is 0 Å². The Morgan fingerprint density at radius 2 is 2.40 bits per heavy atom. The number of aliphatic hydroxyl groups is 1. The molecule has 1 N–H and O–H groups in total. The van der Waals surface area contributed by atoms with Gasteiger partial charge < -0.3 is 9.84 Å². The lowest BCUT2D eigenvalue weighted by Gasteiger charge is -2.09. The van der Waals surface area contributed by atoms with E-state index in [1.165, 1.54) is 0 Å². The molecule has 0 aliphatic heterocycles. The second-order valence-electron chi connectivity index (χ2n) is 2.18. The van der Waals surface area contributed by atoms with E-state index < -0.39 is 0 Å². The van der Waals surface area contributed by atoms with Crippen LogP contribution in [-0.4, -0.2) is 24.4 Å². The Morgan fingerprint density at radius 3 is 2.80 bits per heavy atom. The van der Waals surface area contributed by atoms with E-state index in [4.69, 9.17) is 9.84 Å². The molecule has 0 heterocycles. The van der Waals surface area contributed by atoms with Gasteiger partial charge in [-0.1, -0.05) is 19.4 Å². The summed E-state index contributed by atoms with van der Waals surface area (Å²) in [5, 5.41) is 8.63. The van der Waals surface area contributed by atoms with E-state index in [2.05, 4.69) is 13.5 Å². The third-order valence-electron chi connectivity index (χ3n) is 1.27. The van der Waals surface area contributed by atoms with Crippen LogP contribution in [0, 0.1) is 0 Å². The number of ether oxygens (including phenoxy) is 1. The smallest absolute Gasteiger partial charge is 0.0983 e. The molecule has 2 nitrogen and oxygen atoms in total. The highest BCUT2D eigenvalue weighted by Crippen LogP contribution is 1.95. The SMILES string of the molecule is C=CC(CO)OCCCC. The monoisotopic (exact) mass is 144 g/mol. The molecule has 0 aliphatic carbocycles. The van der Waals surface area contributed by atoms with Gasteiger partial charge in [-0.05, 0) is 6.42 Å². The third-order valence-corrected chi connectivity index (χ3v) is 1.27. The zero-order valence-electron chi connectivity index (χ0n) is 6.55. The van der Waals surface area contributed by atoms with Crippen molar-refractivity contribution in [2.75, 3.05) is 13.2 Å². The fourth-order valence-electron chi connectivity index (χ4n) is 0.574. The zero-order valence-corrected chi connectivity index (χ0v) is 6.55. The van der Waals surface area contributed by atoms with Gasteiger partial charge in [0.15, 0.2) is 0 Å². The molecule has 60 valence electrons. The first kappa shape index (κ1) is 9.66. The summed E-state index contributed by atoms with van der Waals surface area (Å²) < 4.78 is 5.21. The summed E-state index contributed by atoms with van der Waals surface area (Å²) in [7, 11) is 0. The highest BCUT2D eigenvalue weighted by molar-refractivity contribution is 4.78. The van der Waals surface area contributed by atoms with E-state index >= 15 is 0 Å². The molecule has 0 aromatic carbocycles. The molecule has 1 unspecified atom stereocenters. The first-order chi connectivity index (χ1) is 4.85. The van der Waals surface area contributed by atoms with Gasteiger partial charge in [0.2, 0.25) is 0 Å². The number of hydrogen-bond acceptors (Lipinski definition) is 2. The minimum absolute atomic E-state index is 0.0349. The summed E-state index contributed by atoms with van der Waals surface area (Å²) in [4.78, 5) is 0. The summed E-state index contributed by atoms with van der Waals surface area (Å²) in [5.74, 6) is 0. The molecule has 0 aromatic rings. The average molecular weight is 144 g/mol. The van der Waals surface area contributed by atoms with Crippen LogP contribution in [0.2, 0.25) is 0 Å². The molecule has 0 spiro atoms.